The molecule has 0 spiro atoms. The maximum Gasteiger partial charge on any atom is 0.138 e. The molecular formula is C11H15ClO2S. The fourth-order valence-corrected chi connectivity index (χ4v) is 1.52. The highest BCUT2D eigenvalue weighted by molar-refractivity contribution is 7.80. The molecular weight excluding hydrogens is 232 g/mol. The van der Waals surface area contributed by atoms with Crippen LogP contribution in [0, 0.1) is 6.92 Å². The Morgan fingerprint density at radius 3 is 2.73 bits per heavy atom. The fraction of sp³-hybridized carbons (Fsp3) is 0.455. The van der Waals surface area contributed by atoms with E-state index in [1.165, 1.54) is 0 Å². The number of benzene rings is 1. The first-order chi connectivity index (χ1) is 7.24. The average molecular weight is 247 g/mol. The Morgan fingerprint density at radius 2 is 2.07 bits per heavy atom. The molecule has 2 nitrogen and oxygen atoms in total. The van der Waals surface area contributed by atoms with Crippen molar-refractivity contribution in [3.63, 3.8) is 0 Å². The van der Waals surface area contributed by atoms with Crippen LogP contribution in [0.1, 0.15) is 5.56 Å². The van der Waals surface area contributed by atoms with Crippen LogP contribution in [0.2, 0.25) is 5.02 Å². The third-order valence-electron chi connectivity index (χ3n) is 1.81. The van der Waals surface area contributed by atoms with Gasteiger partial charge in [0.25, 0.3) is 0 Å². The van der Waals surface area contributed by atoms with Crippen molar-refractivity contribution in [2.24, 2.45) is 0 Å². The Labute approximate surface area is 101 Å². The maximum absolute atomic E-state index is 5.99. The molecule has 1 aromatic carbocycles. The first-order valence-corrected chi connectivity index (χ1v) is 5.82. The van der Waals surface area contributed by atoms with E-state index in [1.807, 2.05) is 25.1 Å². The predicted octanol–water partition coefficient (Wildman–Crippen LogP) is 2.97. The van der Waals surface area contributed by atoms with Crippen molar-refractivity contribution < 1.29 is 9.47 Å². The standard InChI is InChI=1S/C11H15ClO2S/c1-9-2-3-11(10(12)8-9)14-5-4-13-6-7-15/h2-3,8,15H,4-7H2,1H3. The van der Waals surface area contributed by atoms with E-state index in [1.54, 1.807) is 0 Å². The molecule has 0 saturated heterocycles. The summed E-state index contributed by atoms with van der Waals surface area (Å²) in [6.45, 7) is 3.71. The summed E-state index contributed by atoms with van der Waals surface area (Å²) in [7, 11) is 0. The summed E-state index contributed by atoms with van der Waals surface area (Å²) < 4.78 is 10.7. The van der Waals surface area contributed by atoms with Crippen LogP contribution in [0.4, 0.5) is 0 Å². The van der Waals surface area contributed by atoms with Crippen LogP contribution in [0.15, 0.2) is 18.2 Å². The van der Waals surface area contributed by atoms with Gasteiger partial charge in [-0.1, -0.05) is 17.7 Å². The molecule has 0 bridgehead atoms. The largest absolute Gasteiger partial charge is 0.490 e. The number of ether oxygens (including phenoxy) is 2. The quantitative estimate of drug-likeness (QED) is 0.615. The lowest BCUT2D eigenvalue weighted by Gasteiger charge is -2.08. The third kappa shape index (κ3) is 4.78. The summed E-state index contributed by atoms with van der Waals surface area (Å²) in [6, 6.07) is 5.72. The van der Waals surface area contributed by atoms with Crippen LogP contribution in [0.5, 0.6) is 5.75 Å². The lowest BCUT2D eigenvalue weighted by molar-refractivity contribution is 0.112. The van der Waals surface area contributed by atoms with Crippen LogP contribution in [-0.2, 0) is 4.74 Å². The average Bonchev–Trinajstić information content (AvgIpc) is 2.20. The first kappa shape index (κ1) is 12.7. The van der Waals surface area contributed by atoms with Gasteiger partial charge in [0.15, 0.2) is 0 Å². The van der Waals surface area contributed by atoms with Gasteiger partial charge in [-0.05, 0) is 24.6 Å². The molecule has 0 aromatic heterocycles. The van der Waals surface area contributed by atoms with E-state index in [0.717, 1.165) is 11.3 Å². The Kier molecular flexibility index (Phi) is 5.91. The highest BCUT2D eigenvalue weighted by Crippen LogP contribution is 2.24. The first-order valence-electron chi connectivity index (χ1n) is 4.81. The van der Waals surface area contributed by atoms with Crippen molar-refractivity contribution in [3.8, 4) is 5.75 Å². The van der Waals surface area contributed by atoms with E-state index >= 15 is 0 Å². The lowest BCUT2D eigenvalue weighted by Crippen LogP contribution is -2.08. The number of aryl methyl sites for hydroxylation is 1. The van der Waals surface area contributed by atoms with E-state index in [0.29, 0.717) is 30.6 Å². The fourth-order valence-electron chi connectivity index (χ4n) is 1.10. The van der Waals surface area contributed by atoms with E-state index in [-0.39, 0.29) is 0 Å². The molecule has 84 valence electrons. The van der Waals surface area contributed by atoms with Crippen LogP contribution in [-0.4, -0.2) is 25.6 Å². The van der Waals surface area contributed by atoms with Crippen molar-refractivity contribution in [1.82, 2.24) is 0 Å². The molecule has 1 rings (SSSR count). The molecule has 0 radical (unpaired) electrons. The van der Waals surface area contributed by atoms with Crippen LogP contribution in [0.3, 0.4) is 0 Å². The molecule has 15 heavy (non-hydrogen) atoms. The third-order valence-corrected chi connectivity index (χ3v) is 2.29. The minimum Gasteiger partial charge on any atom is -0.490 e. The summed E-state index contributed by atoms with van der Waals surface area (Å²) in [5.74, 6) is 1.43. The van der Waals surface area contributed by atoms with Gasteiger partial charge < -0.3 is 9.47 Å². The Morgan fingerprint density at radius 1 is 1.27 bits per heavy atom. The van der Waals surface area contributed by atoms with Crippen molar-refractivity contribution in [2.45, 2.75) is 6.92 Å². The zero-order valence-electron chi connectivity index (χ0n) is 8.70. The highest BCUT2D eigenvalue weighted by atomic mass is 35.5. The second kappa shape index (κ2) is 6.99. The molecule has 0 N–H and O–H groups in total. The molecule has 0 amide bonds. The molecule has 0 unspecified atom stereocenters. The van der Waals surface area contributed by atoms with Crippen LogP contribution < -0.4 is 4.74 Å². The second-order valence-electron chi connectivity index (χ2n) is 3.12. The molecule has 0 heterocycles. The van der Waals surface area contributed by atoms with Crippen molar-refractivity contribution in [2.75, 3.05) is 25.6 Å². The number of halogens is 1. The Balaban J connectivity index is 2.31. The van der Waals surface area contributed by atoms with E-state index in [4.69, 9.17) is 21.1 Å². The monoisotopic (exact) mass is 246 g/mol. The number of thiol groups is 1. The molecule has 0 fully saturated rings. The van der Waals surface area contributed by atoms with Gasteiger partial charge in [-0.3, -0.25) is 0 Å². The van der Waals surface area contributed by atoms with E-state index < -0.39 is 0 Å². The van der Waals surface area contributed by atoms with Gasteiger partial charge >= 0.3 is 0 Å². The minimum atomic E-state index is 0.510. The zero-order chi connectivity index (χ0) is 11.1. The van der Waals surface area contributed by atoms with Crippen molar-refractivity contribution in [1.29, 1.82) is 0 Å². The topological polar surface area (TPSA) is 18.5 Å². The van der Waals surface area contributed by atoms with Gasteiger partial charge in [0, 0.05) is 5.75 Å². The van der Waals surface area contributed by atoms with Crippen LogP contribution >= 0.6 is 24.2 Å². The molecule has 0 aliphatic heterocycles. The highest BCUT2D eigenvalue weighted by Gasteiger charge is 2.00. The predicted molar refractivity (Wildman–Crippen MR) is 66.4 cm³/mol. The lowest BCUT2D eigenvalue weighted by atomic mass is 10.2. The minimum absolute atomic E-state index is 0.510. The summed E-state index contributed by atoms with van der Waals surface area (Å²) in [6.07, 6.45) is 0. The van der Waals surface area contributed by atoms with Crippen molar-refractivity contribution >= 4 is 24.2 Å². The van der Waals surface area contributed by atoms with E-state index in [2.05, 4.69) is 12.6 Å². The molecule has 0 atom stereocenters. The Bertz CT molecular complexity index is 305. The van der Waals surface area contributed by atoms with E-state index in [9.17, 15) is 0 Å². The van der Waals surface area contributed by atoms with Gasteiger partial charge in [-0.25, -0.2) is 0 Å². The summed E-state index contributed by atoms with van der Waals surface area (Å²) in [5, 5.41) is 0.643. The molecule has 1 aromatic rings. The SMILES string of the molecule is Cc1ccc(OCCOCCS)c(Cl)c1. The summed E-state index contributed by atoms with van der Waals surface area (Å²) in [4.78, 5) is 0. The number of rotatable bonds is 6. The maximum atomic E-state index is 5.99. The molecule has 0 aliphatic rings. The summed E-state index contributed by atoms with van der Waals surface area (Å²) >= 11 is 10.0. The summed E-state index contributed by atoms with van der Waals surface area (Å²) in [5.41, 5.74) is 1.12. The molecule has 0 aliphatic carbocycles. The molecule has 0 saturated carbocycles. The normalized spacial score (nSPS) is 10.3. The van der Waals surface area contributed by atoms with Crippen LogP contribution in [0.25, 0.3) is 0 Å². The van der Waals surface area contributed by atoms with Gasteiger partial charge in [0.2, 0.25) is 0 Å². The molecule has 4 heteroatoms. The number of hydrogen-bond acceptors (Lipinski definition) is 3. The number of hydrogen-bond donors (Lipinski definition) is 1. The van der Waals surface area contributed by atoms with Crippen molar-refractivity contribution in [3.05, 3.63) is 28.8 Å². The van der Waals surface area contributed by atoms with Gasteiger partial charge in [0.05, 0.1) is 18.2 Å². The second-order valence-corrected chi connectivity index (χ2v) is 3.97. The smallest absolute Gasteiger partial charge is 0.138 e. The zero-order valence-corrected chi connectivity index (χ0v) is 10.4. The van der Waals surface area contributed by atoms with Gasteiger partial charge in [-0.15, -0.1) is 0 Å². The van der Waals surface area contributed by atoms with Gasteiger partial charge in [-0.2, -0.15) is 12.6 Å². The Hall–Kier alpha value is -0.380. The van der Waals surface area contributed by atoms with Gasteiger partial charge in [0.1, 0.15) is 12.4 Å².